The Bertz CT molecular complexity index is 575. The highest BCUT2D eigenvalue weighted by molar-refractivity contribution is 6.30. The molecule has 1 saturated heterocycles. The van der Waals surface area contributed by atoms with Crippen molar-refractivity contribution in [1.82, 2.24) is 10.2 Å². The smallest absolute Gasteiger partial charge is 0.251 e. The van der Waals surface area contributed by atoms with E-state index >= 15 is 0 Å². The molecule has 1 aliphatic rings. The van der Waals surface area contributed by atoms with Crippen LogP contribution in [0.4, 0.5) is 0 Å². The first-order valence-electron chi connectivity index (χ1n) is 6.81. The fourth-order valence-electron chi connectivity index (χ4n) is 2.35. The number of carbonyl (C=O) groups excluding carboxylic acids is 2. The Morgan fingerprint density at radius 3 is 2.71 bits per heavy atom. The van der Waals surface area contributed by atoms with Gasteiger partial charge in [0.2, 0.25) is 5.91 Å². The largest absolute Gasteiger partial charge is 0.349 e. The van der Waals surface area contributed by atoms with E-state index in [0.717, 1.165) is 0 Å². The zero-order valence-corrected chi connectivity index (χ0v) is 12.3. The summed E-state index contributed by atoms with van der Waals surface area (Å²) >= 11 is 5.86. The fourth-order valence-corrected chi connectivity index (χ4v) is 2.54. The Morgan fingerprint density at radius 2 is 2.10 bits per heavy atom. The molecule has 0 atom stereocenters. The van der Waals surface area contributed by atoms with Crippen molar-refractivity contribution in [3.8, 4) is 6.07 Å². The summed E-state index contributed by atoms with van der Waals surface area (Å²) in [5, 5.41) is 12.0. The van der Waals surface area contributed by atoms with Crippen molar-refractivity contribution in [2.24, 2.45) is 0 Å². The van der Waals surface area contributed by atoms with Crippen molar-refractivity contribution < 1.29 is 9.59 Å². The van der Waals surface area contributed by atoms with Gasteiger partial charge in [0.15, 0.2) is 0 Å². The minimum absolute atomic E-state index is 0.0441. The van der Waals surface area contributed by atoms with E-state index < -0.39 is 0 Å². The number of nitrogens with one attached hydrogen (secondary N) is 1. The molecule has 1 aromatic rings. The van der Waals surface area contributed by atoms with Gasteiger partial charge in [-0.05, 0) is 31.0 Å². The molecule has 21 heavy (non-hydrogen) atoms. The number of hydrogen-bond donors (Lipinski definition) is 1. The Balaban J connectivity index is 1.85. The van der Waals surface area contributed by atoms with E-state index in [-0.39, 0.29) is 24.3 Å². The lowest BCUT2D eigenvalue weighted by Gasteiger charge is -2.32. The molecule has 0 spiro atoms. The summed E-state index contributed by atoms with van der Waals surface area (Å²) in [6.45, 7) is 1.14. The predicted octanol–water partition coefficient (Wildman–Crippen LogP) is 1.97. The van der Waals surface area contributed by atoms with E-state index in [4.69, 9.17) is 16.9 Å². The minimum Gasteiger partial charge on any atom is -0.349 e. The van der Waals surface area contributed by atoms with Crippen molar-refractivity contribution in [3.05, 3.63) is 34.9 Å². The van der Waals surface area contributed by atoms with Crippen LogP contribution in [0.1, 0.15) is 29.6 Å². The second kappa shape index (κ2) is 7.09. The number of carbonyl (C=O) groups is 2. The number of nitriles is 1. The van der Waals surface area contributed by atoms with Gasteiger partial charge in [-0.25, -0.2) is 0 Å². The Morgan fingerprint density at radius 1 is 1.38 bits per heavy atom. The maximum atomic E-state index is 12.1. The number of piperidine rings is 1. The standard InChI is InChI=1S/C15H16ClN3O2/c16-12-3-1-2-11(10-12)15(21)18-13-5-8-19(9-6-13)14(20)4-7-17/h1-3,10,13H,4-6,8-9H2,(H,18,21). The van der Waals surface area contributed by atoms with Gasteiger partial charge in [0, 0.05) is 29.7 Å². The summed E-state index contributed by atoms with van der Waals surface area (Å²) in [5.41, 5.74) is 0.533. The molecule has 110 valence electrons. The summed E-state index contributed by atoms with van der Waals surface area (Å²) in [5.74, 6) is -0.295. The van der Waals surface area contributed by atoms with E-state index in [9.17, 15) is 9.59 Å². The normalized spacial score (nSPS) is 15.3. The van der Waals surface area contributed by atoms with E-state index in [0.29, 0.717) is 36.5 Å². The highest BCUT2D eigenvalue weighted by Crippen LogP contribution is 2.14. The topological polar surface area (TPSA) is 73.2 Å². The van der Waals surface area contributed by atoms with Crippen molar-refractivity contribution in [2.45, 2.75) is 25.3 Å². The van der Waals surface area contributed by atoms with Crippen LogP contribution in [-0.2, 0) is 4.79 Å². The molecule has 1 heterocycles. The molecule has 0 bridgehead atoms. The Hall–Kier alpha value is -2.06. The highest BCUT2D eigenvalue weighted by Gasteiger charge is 2.23. The van der Waals surface area contributed by atoms with Crippen LogP contribution in [0, 0.1) is 11.3 Å². The van der Waals surface area contributed by atoms with E-state index in [1.54, 1.807) is 29.2 Å². The lowest BCUT2D eigenvalue weighted by molar-refractivity contribution is -0.131. The number of hydrogen-bond acceptors (Lipinski definition) is 3. The van der Waals surface area contributed by atoms with Gasteiger partial charge in [-0.2, -0.15) is 5.26 Å². The quantitative estimate of drug-likeness (QED) is 0.928. The van der Waals surface area contributed by atoms with Gasteiger partial charge >= 0.3 is 0 Å². The lowest BCUT2D eigenvalue weighted by atomic mass is 10.0. The molecule has 0 saturated carbocycles. The third kappa shape index (κ3) is 4.20. The summed E-state index contributed by atoms with van der Waals surface area (Å²) < 4.78 is 0. The maximum Gasteiger partial charge on any atom is 0.251 e. The first-order chi connectivity index (χ1) is 10.1. The molecule has 5 nitrogen and oxygen atoms in total. The molecule has 1 N–H and O–H groups in total. The van der Waals surface area contributed by atoms with Gasteiger partial charge in [-0.15, -0.1) is 0 Å². The summed E-state index contributed by atoms with van der Waals surface area (Å²) in [6, 6.07) is 8.70. The molecule has 0 aliphatic carbocycles. The van der Waals surface area contributed by atoms with Gasteiger partial charge in [-0.1, -0.05) is 17.7 Å². The zero-order valence-electron chi connectivity index (χ0n) is 11.5. The third-order valence-electron chi connectivity index (χ3n) is 3.50. The summed E-state index contributed by atoms with van der Waals surface area (Å²) in [7, 11) is 0. The maximum absolute atomic E-state index is 12.1. The van der Waals surface area contributed by atoms with Gasteiger partial charge < -0.3 is 10.2 Å². The average molecular weight is 306 g/mol. The molecule has 0 unspecified atom stereocenters. The third-order valence-corrected chi connectivity index (χ3v) is 3.74. The molecular weight excluding hydrogens is 290 g/mol. The summed E-state index contributed by atoms with van der Waals surface area (Å²) in [6.07, 6.45) is 1.31. The lowest BCUT2D eigenvalue weighted by Crippen LogP contribution is -2.46. The SMILES string of the molecule is N#CCC(=O)N1CCC(NC(=O)c2cccc(Cl)c2)CC1. The van der Waals surface area contributed by atoms with Crippen molar-refractivity contribution in [1.29, 1.82) is 5.26 Å². The van der Waals surface area contributed by atoms with Crippen LogP contribution in [-0.4, -0.2) is 35.8 Å². The fraction of sp³-hybridized carbons (Fsp3) is 0.400. The number of benzene rings is 1. The van der Waals surface area contributed by atoms with Crippen LogP contribution in [0.2, 0.25) is 5.02 Å². The van der Waals surface area contributed by atoms with Gasteiger partial charge in [-0.3, -0.25) is 9.59 Å². The number of nitrogens with zero attached hydrogens (tertiary/aromatic N) is 2. The predicted molar refractivity (Wildman–Crippen MR) is 78.8 cm³/mol. The van der Waals surface area contributed by atoms with Crippen LogP contribution < -0.4 is 5.32 Å². The van der Waals surface area contributed by atoms with Crippen molar-refractivity contribution in [2.75, 3.05) is 13.1 Å². The van der Waals surface area contributed by atoms with Gasteiger partial charge in [0.25, 0.3) is 5.91 Å². The Kier molecular flexibility index (Phi) is 5.18. The molecule has 0 aromatic heterocycles. The van der Waals surface area contributed by atoms with Crippen LogP contribution in [0.3, 0.4) is 0 Å². The van der Waals surface area contributed by atoms with Crippen LogP contribution >= 0.6 is 11.6 Å². The van der Waals surface area contributed by atoms with Crippen molar-refractivity contribution in [3.63, 3.8) is 0 Å². The van der Waals surface area contributed by atoms with Crippen molar-refractivity contribution >= 4 is 23.4 Å². The zero-order chi connectivity index (χ0) is 15.2. The van der Waals surface area contributed by atoms with E-state index in [1.807, 2.05) is 6.07 Å². The monoisotopic (exact) mass is 305 g/mol. The molecule has 1 aliphatic heterocycles. The number of halogens is 1. The second-order valence-electron chi connectivity index (χ2n) is 4.97. The minimum atomic E-state index is -0.153. The first-order valence-corrected chi connectivity index (χ1v) is 7.19. The van der Waals surface area contributed by atoms with Crippen LogP contribution in [0.25, 0.3) is 0 Å². The average Bonchev–Trinajstić information content (AvgIpc) is 2.48. The van der Waals surface area contributed by atoms with E-state index in [1.165, 1.54) is 0 Å². The summed E-state index contributed by atoms with van der Waals surface area (Å²) in [4.78, 5) is 25.3. The molecular formula is C15H16ClN3O2. The Labute approximate surface area is 128 Å². The number of rotatable bonds is 3. The number of likely N-dealkylation sites (tertiary alicyclic amines) is 1. The highest BCUT2D eigenvalue weighted by atomic mass is 35.5. The van der Waals surface area contributed by atoms with E-state index in [2.05, 4.69) is 5.32 Å². The molecule has 6 heteroatoms. The van der Waals surface area contributed by atoms with Gasteiger partial charge in [0.1, 0.15) is 6.42 Å². The second-order valence-corrected chi connectivity index (χ2v) is 5.41. The molecule has 1 fully saturated rings. The molecule has 2 rings (SSSR count). The first kappa shape index (κ1) is 15.3. The molecule has 1 aromatic carbocycles. The molecule has 2 amide bonds. The van der Waals surface area contributed by atoms with Crippen LogP contribution in [0.15, 0.2) is 24.3 Å². The van der Waals surface area contributed by atoms with Crippen LogP contribution in [0.5, 0.6) is 0 Å². The van der Waals surface area contributed by atoms with Gasteiger partial charge in [0.05, 0.1) is 6.07 Å². The number of amides is 2. The molecule has 0 radical (unpaired) electrons.